The highest BCUT2D eigenvalue weighted by Gasteiger charge is 2.48. The Morgan fingerprint density at radius 1 is 1.21 bits per heavy atom. The minimum atomic E-state index is -3.03. The van der Waals surface area contributed by atoms with Crippen LogP contribution in [0, 0.1) is 18.8 Å². The van der Waals surface area contributed by atoms with Gasteiger partial charge in [0, 0.05) is 16.8 Å². The lowest BCUT2D eigenvalue weighted by molar-refractivity contribution is -0.125. The van der Waals surface area contributed by atoms with Crippen LogP contribution in [-0.4, -0.2) is 37.8 Å². The van der Waals surface area contributed by atoms with Crippen LogP contribution in [0.25, 0.3) is 0 Å². The van der Waals surface area contributed by atoms with E-state index in [-0.39, 0.29) is 41.2 Å². The van der Waals surface area contributed by atoms with Gasteiger partial charge in [0.1, 0.15) is 0 Å². The molecule has 0 bridgehead atoms. The van der Waals surface area contributed by atoms with E-state index in [4.69, 9.17) is 11.6 Å². The average molecular weight is 371 g/mol. The number of hydrogen-bond acceptors (Lipinski definition) is 4. The molecule has 1 saturated heterocycles. The van der Waals surface area contributed by atoms with Gasteiger partial charge in [0.25, 0.3) is 0 Å². The summed E-state index contributed by atoms with van der Waals surface area (Å²) in [5, 5.41) is 6.12. The summed E-state index contributed by atoms with van der Waals surface area (Å²) < 4.78 is 22.8. The molecule has 2 fully saturated rings. The van der Waals surface area contributed by atoms with Crippen molar-refractivity contribution in [3.63, 3.8) is 0 Å². The monoisotopic (exact) mass is 370 g/mol. The highest BCUT2D eigenvalue weighted by Crippen LogP contribution is 2.40. The number of anilines is 1. The zero-order chi connectivity index (χ0) is 17.5. The second kappa shape index (κ2) is 6.37. The summed E-state index contributed by atoms with van der Waals surface area (Å²) in [7, 11) is -3.03. The predicted octanol–water partition coefficient (Wildman–Crippen LogP) is 1.53. The van der Waals surface area contributed by atoms with E-state index in [9.17, 15) is 18.0 Å². The van der Waals surface area contributed by atoms with E-state index in [1.165, 1.54) is 0 Å². The molecule has 1 saturated carbocycles. The first-order chi connectivity index (χ1) is 11.3. The van der Waals surface area contributed by atoms with Crippen LogP contribution in [0.4, 0.5) is 5.69 Å². The van der Waals surface area contributed by atoms with Gasteiger partial charge in [-0.2, -0.15) is 0 Å². The topological polar surface area (TPSA) is 92.3 Å². The molecule has 8 heteroatoms. The zero-order valence-corrected chi connectivity index (χ0v) is 14.8. The van der Waals surface area contributed by atoms with Crippen molar-refractivity contribution in [2.75, 3.05) is 16.8 Å². The van der Waals surface area contributed by atoms with Gasteiger partial charge < -0.3 is 10.6 Å². The fraction of sp³-hybridized carbons (Fsp3) is 0.500. The van der Waals surface area contributed by atoms with Crippen molar-refractivity contribution in [2.24, 2.45) is 11.8 Å². The van der Waals surface area contributed by atoms with Gasteiger partial charge in [0.15, 0.2) is 9.84 Å². The number of sulfone groups is 1. The number of hydrogen-bond donors (Lipinski definition) is 2. The highest BCUT2D eigenvalue weighted by molar-refractivity contribution is 7.91. The summed E-state index contributed by atoms with van der Waals surface area (Å²) in [5.41, 5.74) is 1.42. The lowest BCUT2D eigenvalue weighted by Crippen LogP contribution is -2.37. The largest absolute Gasteiger partial charge is 0.352 e. The maximum atomic E-state index is 12.3. The van der Waals surface area contributed by atoms with Crippen LogP contribution in [0.15, 0.2) is 18.2 Å². The second-order valence-electron chi connectivity index (χ2n) is 6.46. The summed E-state index contributed by atoms with van der Waals surface area (Å²) in [6, 6.07) is 4.93. The summed E-state index contributed by atoms with van der Waals surface area (Å²) in [4.78, 5) is 24.4. The molecule has 3 atom stereocenters. The smallest absolute Gasteiger partial charge is 0.228 e. The molecule has 24 heavy (non-hydrogen) atoms. The summed E-state index contributed by atoms with van der Waals surface area (Å²) >= 11 is 6.03. The minimum absolute atomic E-state index is 0.00989. The third kappa shape index (κ3) is 3.72. The molecule has 130 valence electrons. The van der Waals surface area contributed by atoms with Crippen molar-refractivity contribution in [1.82, 2.24) is 5.32 Å². The molecule has 1 aliphatic heterocycles. The molecule has 3 rings (SSSR count). The van der Waals surface area contributed by atoms with Gasteiger partial charge >= 0.3 is 0 Å². The average Bonchev–Trinajstić information content (AvgIpc) is 3.24. The van der Waals surface area contributed by atoms with E-state index in [2.05, 4.69) is 10.6 Å². The molecule has 2 N–H and O–H groups in total. The number of carbonyl (C=O) groups is 2. The van der Waals surface area contributed by atoms with Crippen LogP contribution in [0.1, 0.15) is 18.4 Å². The Morgan fingerprint density at radius 2 is 1.92 bits per heavy atom. The molecule has 3 unspecified atom stereocenters. The van der Waals surface area contributed by atoms with Crippen molar-refractivity contribution < 1.29 is 18.0 Å². The summed E-state index contributed by atoms with van der Waals surface area (Å²) in [6.45, 7) is 1.82. The first-order valence-electron chi connectivity index (χ1n) is 7.83. The molecule has 1 aliphatic carbocycles. The van der Waals surface area contributed by atoms with E-state index in [0.717, 1.165) is 5.56 Å². The highest BCUT2D eigenvalue weighted by atomic mass is 35.5. The summed E-state index contributed by atoms with van der Waals surface area (Å²) in [5.74, 6) is -1.10. The van der Waals surface area contributed by atoms with Crippen LogP contribution in [-0.2, 0) is 19.4 Å². The third-order valence-corrected chi connectivity index (χ3v) is 6.75. The SMILES string of the molecule is Cc1c(Cl)cccc1NC(=O)C1CC1C(=O)NC1CCS(=O)(=O)C1. The maximum absolute atomic E-state index is 12.3. The van der Waals surface area contributed by atoms with E-state index in [1.807, 2.05) is 6.92 Å². The van der Waals surface area contributed by atoms with Gasteiger partial charge in [-0.3, -0.25) is 9.59 Å². The van der Waals surface area contributed by atoms with Gasteiger partial charge in [0.2, 0.25) is 11.8 Å². The van der Waals surface area contributed by atoms with E-state index in [1.54, 1.807) is 18.2 Å². The number of halogens is 1. The van der Waals surface area contributed by atoms with Crippen molar-refractivity contribution in [1.29, 1.82) is 0 Å². The molecule has 0 radical (unpaired) electrons. The first kappa shape index (κ1) is 17.2. The Kier molecular flexibility index (Phi) is 4.57. The number of carbonyl (C=O) groups excluding carboxylic acids is 2. The molecule has 6 nitrogen and oxygen atoms in total. The second-order valence-corrected chi connectivity index (χ2v) is 9.09. The number of benzene rings is 1. The van der Waals surface area contributed by atoms with Gasteiger partial charge in [-0.05, 0) is 37.5 Å². The normalized spacial score (nSPS) is 27.5. The van der Waals surface area contributed by atoms with Crippen LogP contribution in [0.2, 0.25) is 5.02 Å². The zero-order valence-electron chi connectivity index (χ0n) is 13.2. The Morgan fingerprint density at radius 3 is 2.58 bits per heavy atom. The molecule has 2 amide bonds. The Hall–Kier alpha value is -1.60. The van der Waals surface area contributed by atoms with Crippen LogP contribution >= 0.6 is 11.6 Å². The lowest BCUT2D eigenvalue weighted by Gasteiger charge is -2.11. The Bertz CT molecular complexity index is 793. The Labute approximate surface area is 145 Å². The van der Waals surface area contributed by atoms with Crippen LogP contribution < -0.4 is 10.6 Å². The molecule has 2 aliphatic rings. The number of nitrogens with one attached hydrogen (secondary N) is 2. The first-order valence-corrected chi connectivity index (χ1v) is 10.0. The van der Waals surface area contributed by atoms with Gasteiger partial charge in [-0.15, -0.1) is 0 Å². The van der Waals surface area contributed by atoms with Gasteiger partial charge in [0.05, 0.1) is 23.3 Å². The molecule has 1 aromatic carbocycles. The third-order valence-electron chi connectivity index (χ3n) is 4.57. The van der Waals surface area contributed by atoms with Crippen molar-refractivity contribution in [3.05, 3.63) is 28.8 Å². The van der Waals surface area contributed by atoms with E-state index in [0.29, 0.717) is 23.6 Å². The van der Waals surface area contributed by atoms with Crippen molar-refractivity contribution >= 4 is 38.9 Å². The molecule has 1 aromatic rings. The Balaban J connectivity index is 1.54. The fourth-order valence-corrected chi connectivity index (χ4v) is 4.81. The van der Waals surface area contributed by atoms with E-state index < -0.39 is 9.84 Å². The maximum Gasteiger partial charge on any atom is 0.228 e. The van der Waals surface area contributed by atoms with Crippen molar-refractivity contribution in [2.45, 2.75) is 25.8 Å². The van der Waals surface area contributed by atoms with Crippen LogP contribution in [0.5, 0.6) is 0 Å². The van der Waals surface area contributed by atoms with Crippen molar-refractivity contribution in [3.8, 4) is 0 Å². The molecule has 1 heterocycles. The predicted molar refractivity (Wildman–Crippen MR) is 91.6 cm³/mol. The lowest BCUT2D eigenvalue weighted by atomic mass is 10.2. The van der Waals surface area contributed by atoms with E-state index >= 15 is 0 Å². The molecular formula is C16H19ClN2O4S. The molecule has 0 aromatic heterocycles. The summed E-state index contributed by atoms with van der Waals surface area (Å²) in [6.07, 6.45) is 0.927. The number of rotatable bonds is 4. The standard InChI is InChI=1S/C16H19ClN2O4S/c1-9-13(17)3-2-4-14(9)19-16(21)12-7-11(12)15(20)18-10-5-6-24(22,23)8-10/h2-4,10-12H,5-8H2,1H3,(H,18,20)(H,19,21). The van der Waals surface area contributed by atoms with Crippen LogP contribution in [0.3, 0.4) is 0 Å². The van der Waals surface area contributed by atoms with Gasteiger partial charge in [-0.25, -0.2) is 8.42 Å². The quantitative estimate of drug-likeness (QED) is 0.840. The van der Waals surface area contributed by atoms with Gasteiger partial charge in [-0.1, -0.05) is 17.7 Å². The molecular weight excluding hydrogens is 352 g/mol. The molecule has 0 spiro atoms. The minimum Gasteiger partial charge on any atom is -0.352 e. The number of amides is 2. The fourth-order valence-electron chi connectivity index (χ4n) is 2.96.